The zero-order valence-corrected chi connectivity index (χ0v) is 49.6. The summed E-state index contributed by atoms with van der Waals surface area (Å²) in [5, 5.41) is 9.69. The summed E-state index contributed by atoms with van der Waals surface area (Å²) in [4.78, 5) is 37.3. The van der Waals surface area contributed by atoms with Crippen LogP contribution in [0.25, 0.3) is 0 Å². The molecule has 436 valence electrons. The zero-order chi connectivity index (χ0) is 56.2. The number of rotatable bonds is 54. The molecule has 0 spiro atoms. The van der Waals surface area contributed by atoms with Crippen molar-refractivity contribution in [2.75, 3.05) is 47.5 Å². The summed E-state index contributed by atoms with van der Waals surface area (Å²) in [6, 6.07) is 0. The highest BCUT2D eigenvalue weighted by Crippen LogP contribution is 2.15. The monoisotopic (exact) mass is 1070 g/mol. The van der Waals surface area contributed by atoms with Gasteiger partial charge in [0.25, 0.3) is 6.29 Å². The van der Waals surface area contributed by atoms with Gasteiger partial charge in [-0.3, -0.25) is 9.59 Å². The lowest BCUT2D eigenvalue weighted by atomic mass is 10.0. The molecule has 2 unspecified atom stereocenters. The van der Waals surface area contributed by atoms with E-state index in [1.807, 2.05) is 21.1 Å². The van der Waals surface area contributed by atoms with E-state index in [1.165, 1.54) is 51.4 Å². The zero-order valence-electron chi connectivity index (χ0n) is 49.6. The van der Waals surface area contributed by atoms with E-state index in [0.29, 0.717) is 17.4 Å². The van der Waals surface area contributed by atoms with Gasteiger partial charge in [0, 0.05) is 12.8 Å². The minimum absolute atomic E-state index is 0.179. The molecule has 0 saturated carbocycles. The Hall–Kier alpha value is -4.57. The van der Waals surface area contributed by atoms with Crippen molar-refractivity contribution in [3.8, 4) is 0 Å². The number of ether oxygens (including phenoxy) is 4. The van der Waals surface area contributed by atoms with E-state index in [9.17, 15) is 19.5 Å². The molecule has 0 aromatic carbocycles. The Morgan fingerprint density at radius 1 is 0.403 bits per heavy atom. The van der Waals surface area contributed by atoms with Crippen molar-refractivity contribution in [3.05, 3.63) is 134 Å². The van der Waals surface area contributed by atoms with E-state index in [-0.39, 0.29) is 38.6 Å². The second-order valence-electron chi connectivity index (χ2n) is 20.9. The average molecular weight is 1070 g/mol. The molecule has 77 heavy (non-hydrogen) atoms. The maximum Gasteiger partial charge on any atom is 0.361 e. The van der Waals surface area contributed by atoms with Crippen LogP contribution in [0.15, 0.2) is 134 Å². The van der Waals surface area contributed by atoms with E-state index in [2.05, 4.69) is 148 Å². The Balaban J connectivity index is 4.13. The topological polar surface area (TPSA) is 108 Å². The first-order valence-corrected chi connectivity index (χ1v) is 30.3. The highest BCUT2D eigenvalue weighted by atomic mass is 16.7. The molecule has 0 aromatic rings. The Morgan fingerprint density at radius 2 is 0.740 bits per heavy atom. The molecule has 2 atom stereocenters. The van der Waals surface area contributed by atoms with E-state index in [0.717, 1.165) is 135 Å². The number of carboxylic acids is 1. The Bertz CT molecular complexity index is 1720. The second kappa shape index (κ2) is 57.6. The second-order valence-corrected chi connectivity index (χ2v) is 20.9. The predicted molar refractivity (Wildman–Crippen MR) is 327 cm³/mol. The van der Waals surface area contributed by atoms with Crippen LogP contribution in [0.4, 0.5) is 0 Å². The van der Waals surface area contributed by atoms with Crippen molar-refractivity contribution in [2.45, 2.75) is 232 Å². The van der Waals surface area contributed by atoms with Crippen LogP contribution in [0.2, 0.25) is 0 Å². The fourth-order valence-corrected chi connectivity index (χ4v) is 7.75. The molecule has 0 fully saturated rings. The van der Waals surface area contributed by atoms with Gasteiger partial charge >= 0.3 is 17.9 Å². The van der Waals surface area contributed by atoms with Crippen LogP contribution in [0, 0.1) is 0 Å². The average Bonchev–Trinajstić information content (AvgIpc) is 3.40. The number of carboxylic acid groups (broad SMARTS) is 1. The van der Waals surface area contributed by atoms with E-state index in [1.54, 1.807) is 0 Å². The third-order valence-corrected chi connectivity index (χ3v) is 12.4. The summed E-state index contributed by atoms with van der Waals surface area (Å²) in [7, 11) is 5.95. The summed E-state index contributed by atoms with van der Waals surface area (Å²) in [5.41, 5.74) is 0. The number of unbranched alkanes of at least 4 members (excludes halogenated alkanes) is 17. The molecule has 0 bridgehead atoms. The first-order valence-electron chi connectivity index (χ1n) is 30.3. The SMILES string of the molecule is CC/C=C\C/C=C\C/C=C\C/C=C\C/C=C\C/C=C\C/C=C\C/C=C\C/C=C\CCCCCCCCCCCCCC(=O)OC(COC(=O)CCCCCCC/C=C\C/C=C\CCC)COC(OCC[N+](C)(C)C)C(=O)O. The lowest BCUT2D eigenvalue weighted by Gasteiger charge is -2.25. The third kappa shape index (κ3) is 58.9. The van der Waals surface area contributed by atoms with Crippen molar-refractivity contribution in [2.24, 2.45) is 0 Å². The molecule has 1 N–H and O–H groups in total. The van der Waals surface area contributed by atoms with Gasteiger partial charge in [-0.1, -0.05) is 231 Å². The van der Waals surface area contributed by atoms with Crippen LogP contribution >= 0.6 is 0 Å². The number of hydrogen-bond donors (Lipinski definition) is 1. The highest BCUT2D eigenvalue weighted by Gasteiger charge is 2.25. The number of quaternary nitrogens is 1. The molecule has 0 saturated heterocycles. The van der Waals surface area contributed by atoms with Gasteiger partial charge in [-0.25, -0.2) is 4.79 Å². The van der Waals surface area contributed by atoms with Crippen LogP contribution in [0.3, 0.4) is 0 Å². The van der Waals surface area contributed by atoms with Gasteiger partial charge in [-0.2, -0.15) is 0 Å². The van der Waals surface area contributed by atoms with Gasteiger partial charge in [-0.05, 0) is 109 Å². The van der Waals surface area contributed by atoms with E-state index in [4.69, 9.17) is 18.9 Å². The molecule has 0 heterocycles. The number of carbonyl (C=O) groups excluding carboxylic acids is 2. The molecular formula is C68H112NO8+. The highest BCUT2D eigenvalue weighted by molar-refractivity contribution is 5.71. The number of allylic oxidation sites excluding steroid dienone is 22. The van der Waals surface area contributed by atoms with Crippen LogP contribution in [0.1, 0.15) is 219 Å². The number of nitrogens with zero attached hydrogens (tertiary/aromatic N) is 1. The van der Waals surface area contributed by atoms with Crippen LogP contribution < -0.4 is 0 Å². The van der Waals surface area contributed by atoms with Gasteiger partial charge < -0.3 is 28.5 Å². The molecule has 9 heteroatoms. The van der Waals surface area contributed by atoms with Gasteiger partial charge in [0.1, 0.15) is 13.2 Å². The minimum Gasteiger partial charge on any atom is -0.477 e. The summed E-state index contributed by atoms with van der Waals surface area (Å²) >= 11 is 0. The standard InChI is InChI=1S/C68H111NO8/c1-6-8-10-12-14-16-18-20-21-22-23-24-25-26-27-28-29-30-31-32-33-34-35-36-37-38-39-40-41-42-43-44-45-47-49-51-53-55-57-59-66(71)77-64(63-76-68(67(72)73)74-61-60-69(3,4)5)62-75-65(70)58-56-54-52-50-48-46-19-17-15-13-11-9-7-2/h8,10-11,13-14,16-17,19-21,23-24,26-27,29-30,32-33,35-36,38-39,64,68H,6-7,9,12,15,18,22,25,28,31,34,37,40-63H2,1-5H3/p+1/b10-8-,13-11-,16-14-,19-17-,21-20-,24-23-,27-26-,30-29-,33-32-,36-35-,39-38-. The summed E-state index contributed by atoms with van der Waals surface area (Å²) in [6.07, 6.45) is 79.7. The molecule has 0 rings (SSSR count). The van der Waals surface area contributed by atoms with Gasteiger partial charge in [0.2, 0.25) is 0 Å². The molecular weight excluding hydrogens is 959 g/mol. The largest absolute Gasteiger partial charge is 0.477 e. The lowest BCUT2D eigenvalue weighted by Crippen LogP contribution is -2.40. The van der Waals surface area contributed by atoms with Crippen molar-refractivity contribution in [1.82, 2.24) is 0 Å². The Labute approximate surface area is 471 Å². The molecule has 0 aliphatic heterocycles. The van der Waals surface area contributed by atoms with E-state index >= 15 is 0 Å². The summed E-state index contributed by atoms with van der Waals surface area (Å²) < 4.78 is 22.8. The maximum atomic E-state index is 12.9. The van der Waals surface area contributed by atoms with Crippen molar-refractivity contribution < 1.29 is 42.9 Å². The molecule has 0 aliphatic carbocycles. The van der Waals surface area contributed by atoms with Crippen molar-refractivity contribution in [1.29, 1.82) is 0 Å². The van der Waals surface area contributed by atoms with Crippen LogP contribution in [-0.4, -0.2) is 87.4 Å². The Morgan fingerprint density at radius 3 is 1.10 bits per heavy atom. The number of esters is 2. The molecule has 0 aliphatic rings. The van der Waals surface area contributed by atoms with Crippen molar-refractivity contribution in [3.63, 3.8) is 0 Å². The number of aliphatic carboxylic acids is 1. The summed E-state index contributed by atoms with van der Waals surface area (Å²) in [6.45, 7) is 4.66. The lowest BCUT2D eigenvalue weighted by molar-refractivity contribution is -0.870. The third-order valence-electron chi connectivity index (χ3n) is 12.4. The number of hydrogen-bond acceptors (Lipinski definition) is 7. The molecule has 9 nitrogen and oxygen atoms in total. The van der Waals surface area contributed by atoms with Gasteiger partial charge in [0.15, 0.2) is 6.10 Å². The molecule has 0 radical (unpaired) electrons. The molecule has 0 aromatic heterocycles. The van der Waals surface area contributed by atoms with E-state index < -0.39 is 24.3 Å². The fourth-order valence-electron chi connectivity index (χ4n) is 7.75. The summed E-state index contributed by atoms with van der Waals surface area (Å²) in [5.74, 6) is -2.04. The maximum absolute atomic E-state index is 12.9. The fraction of sp³-hybridized carbons (Fsp3) is 0.632. The van der Waals surface area contributed by atoms with Gasteiger partial charge in [-0.15, -0.1) is 0 Å². The smallest absolute Gasteiger partial charge is 0.361 e. The van der Waals surface area contributed by atoms with Crippen LogP contribution in [-0.2, 0) is 33.3 Å². The number of carbonyl (C=O) groups is 3. The Kier molecular flexibility index (Phi) is 54.2. The quantitative estimate of drug-likeness (QED) is 0.0211. The normalized spacial score (nSPS) is 13.7. The van der Waals surface area contributed by atoms with Gasteiger partial charge in [0.05, 0.1) is 34.4 Å². The first kappa shape index (κ1) is 72.4. The van der Waals surface area contributed by atoms with Crippen molar-refractivity contribution >= 4 is 17.9 Å². The molecule has 0 amide bonds. The first-order chi connectivity index (χ1) is 37.6. The minimum atomic E-state index is -1.52. The number of likely N-dealkylation sites (N-methyl/N-ethyl adjacent to an activating group) is 1. The predicted octanol–water partition coefficient (Wildman–Crippen LogP) is 18.2. The van der Waals surface area contributed by atoms with Crippen LogP contribution in [0.5, 0.6) is 0 Å².